The van der Waals surface area contributed by atoms with Gasteiger partial charge in [0.1, 0.15) is 0 Å². The Balaban J connectivity index is 2.23. The van der Waals surface area contributed by atoms with Crippen LogP contribution in [0.25, 0.3) is 0 Å². The molecule has 108 valence electrons. The normalized spacial score (nSPS) is 12.1. The van der Waals surface area contributed by atoms with Gasteiger partial charge in [-0.15, -0.1) is 0 Å². The lowest BCUT2D eigenvalue weighted by Crippen LogP contribution is -2.24. The largest absolute Gasteiger partial charge is 0.377 e. The zero-order valence-corrected chi connectivity index (χ0v) is 13.1. The second kappa shape index (κ2) is 7.66. The first-order valence-electron chi connectivity index (χ1n) is 7.30. The van der Waals surface area contributed by atoms with E-state index in [1.165, 1.54) is 11.1 Å². The van der Waals surface area contributed by atoms with Crippen molar-refractivity contribution in [3.63, 3.8) is 0 Å². The summed E-state index contributed by atoms with van der Waals surface area (Å²) in [5.41, 5.74) is 2.85. The van der Waals surface area contributed by atoms with Gasteiger partial charge in [-0.25, -0.2) is 0 Å². The molecule has 0 fully saturated rings. The van der Waals surface area contributed by atoms with Crippen LogP contribution in [0.3, 0.4) is 0 Å². The van der Waals surface area contributed by atoms with Crippen molar-refractivity contribution in [3.05, 3.63) is 35.4 Å². The van der Waals surface area contributed by atoms with Gasteiger partial charge in [0.25, 0.3) is 0 Å². The van der Waals surface area contributed by atoms with Gasteiger partial charge in [-0.3, -0.25) is 0 Å². The van der Waals surface area contributed by atoms with Crippen molar-refractivity contribution in [2.24, 2.45) is 0 Å². The Hall–Kier alpha value is -0.860. The zero-order valence-electron chi connectivity index (χ0n) is 13.1. The number of hydrogen-bond donors (Lipinski definition) is 1. The quantitative estimate of drug-likeness (QED) is 0.754. The minimum atomic E-state index is 0.224. The van der Waals surface area contributed by atoms with Crippen LogP contribution in [0.1, 0.15) is 52.2 Å². The van der Waals surface area contributed by atoms with Crippen molar-refractivity contribution in [3.8, 4) is 0 Å². The molecule has 0 heterocycles. The van der Waals surface area contributed by atoms with Crippen molar-refractivity contribution < 1.29 is 4.74 Å². The molecular formula is C17H29NO. The van der Waals surface area contributed by atoms with Crippen LogP contribution in [0.4, 0.5) is 0 Å². The van der Waals surface area contributed by atoms with Crippen molar-refractivity contribution in [1.82, 2.24) is 5.32 Å². The van der Waals surface area contributed by atoms with Crippen molar-refractivity contribution in [2.75, 3.05) is 13.2 Å². The van der Waals surface area contributed by atoms with Gasteiger partial charge in [0, 0.05) is 12.6 Å². The van der Waals surface area contributed by atoms with E-state index < -0.39 is 0 Å². The number of ether oxygens (including phenoxy) is 1. The van der Waals surface area contributed by atoms with Crippen LogP contribution in [0.2, 0.25) is 0 Å². The van der Waals surface area contributed by atoms with E-state index in [0.29, 0.717) is 12.6 Å². The highest BCUT2D eigenvalue weighted by Crippen LogP contribution is 2.22. The van der Waals surface area contributed by atoms with Crippen molar-refractivity contribution in [1.29, 1.82) is 0 Å². The van der Waals surface area contributed by atoms with Gasteiger partial charge in [-0.05, 0) is 29.5 Å². The lowest BCUT2D eigenvalue weighted by atomic mass is 9.87. The summed E-state index contributed by atoms with van der Waals surface area (Å²) in [4.78, 5) is 0. The molecule has 0 unspecified atom stereocenters. The predicted molar refractivity (Wildman–Crippen MR) is 82.6 cm³/mol. The Morgan fingerprint density at radius 3 is 2.26 bits per heavy atom. The first-order valence-corrected chi connectivity index (χ1v) is 7.30. The Labute approximate surface area is 118 Å². The molecule has 0 spiro atoms. The third-order valence-electron chi connectivity index (χ3n) is 3.11. The highest BCUT2D eigenvalue weighted by molar-refractivity contribution is 5.27. The van der Waals surface area contributed by atoms with E-state index in [2.05, 4.69) is 64.2 Å². The molecule has 1 rings (SSSR count). The monoisotopic (exact) mass is 263 g/mol. The van der Waals surface area contributed by atoms with E-state index in [9.17, 15) is 0 Å². The minimum Gasteiger partial charge on any atom is -0.377 e. The van der Waals surface area contributed by atoms with Crippen LogP contribution in [-0.2, 0) is 16.8 Å². The van der Waals surface area contributed by atoms with Gasteiger partial charge in [-0.1, -0.05) is 58.9 Å². The minimum absolute atomic E-state index is 0.224. The fourth-order valence-corrected chi connectivity index (χ4v) is 1.86. The third-order valence-corrected chi connectivity index (χ3v) is 3.11. The van der Waals surface area contributed by atoms with Crippen LogP contribution >= 0.6 is 0 Å². The molecule has 0 aliphatic heterocycles. The summed E-state index contributed by atoms with van der Waals surface area (Å²) < 4.78 is 5.69. The summed E-state index contributed by atoms with van der Waals surface area (Å²) in [6, 6.07) is 9.32. The molecule has 2 nitrogen and oxygen atoms in total. The van der Waals surface area contributed by atoms with E-state index in [-0.39, 0.29) is 5.41 Å². The van der Waals surface area contributed by atoms with Gasteiger partial charge in [0.2, 0.25) is 0 Å². The summed E-state index contributed by atoms with van der Waals surface area (Å²) in [5.74, 6) is 0. The second-order valence-electron chi connectivity index (χ2n) is 6.46. The summed E-state index contributed by atoms with van der Waals surface area (Å²) >= 11 is 0. The molecule has 0 aromatic heterocycles. The number of nitrogens with one attached hydrogen (secondary N) is 1. The number of benzene rings is 1. The molecule has 1 aromatic rings. The Morgan fingerprint density at radius 2 is 1.74 bits per heavy atom. The number of hydrogen-bond acceptors (Lipinski definition) is 2. The molecule has 0 bridgehead atoms. The predicted octanol–water partition coefficient (Wildman–Crippen LogP) is 3.89. The molecule has 0 saturated heterocycles. The third kappa shape index (κ3) is 6.74. The maximum absolute atomic E-state index is 5.69. The van der Waals surface area contributed by atoms with Crippen LogP contribution in [0.5, 0.6) is 0 Å². The first-order chi connectivity index (χ1) is 8.89. The summed E-state index contributed by atoms with van der Waals surface area (Å²) in [6.07, 6.45) is 1.07. The first kappa shape index (κ1) is 16.2. The second-order valence-corrected chi connectivity index (χ2v) is 6.46. The van der Waals surface area contributed by atoms with E-state index >= 15 is 0 Å². The van der Waals surface area contributed by atoms with E-state index in [4.69, 9.17) is 4.74 Å². The molecule has 0 radical (unpaired) electrons. The van der Waals surface area contributed by atoms with Crippen LogP contribution in [0, 0.1) is 0 Å². The molecule has 1 N–H and O–H groups in total. The molecule has 2 heteroatoms. The Bertz CT molecular complexity index is 349. The summed E-state index contributed by atoms with van der Waals surface area (Å²) in [6.45, 7) is 13.6. The van der Waals surface area contributed by atoms with Crippen molar-refractivity contribution in [2.45, 2.75) is 59.1 Å². The van der Waals surface area contributed by atoms with Gasteiger partial charge >= 0.3 is 0 Å². The van der Waals surface area contributed by atoms with Crippen LogP contribution in [-0.4, -0.2) is 19.2 Å². The van der Waals surface area contributed by atoms with Gasteiger partial charge in [-0.2, -0.15) is 0 Å². The molecule has 0 aliphatic rings. The van der Waals surface area contributed by atoms with Crippen LogP contribution < -0.4 is 5.32 Å². The fourth-order valence-electron chi connectivity index (χ4n) is 1.86. The van der Waals surface area contributed by atoms with Gasteiger partial charge < -0.3 is 10.1 Å². The maximum Gasteiger partial charge on any atom is 0.0716 e. The van der Waals surface area contributed by atoms with E-state index in [0.717, 1.165) is 19.6 Å². The fraction of sp³-hybridized carbons (Fsp3) is 0.647. The standard InChI is InChI=1S/C17H29NO/c1-14(2)18-11-6-12-19-13-15-7-9-16(10-8-15)17(3,4)5/h7-10,14,18H,6,11-13H2,1-5H3. The molecular weight excluding hydrogens is 234 g/mol. The van der Waals surface area contributed by atoms with Gasteiger partial charge in [0.05, 0.1) is 6.61 Å². The van der Waals surface area contributed by atoms with E-state index in [1.54, 1.807) is 0 Å². The topological polar surface area (TPSA) is 21.3 Å². The van der Waals surface area contributed by atoms with E-state index in [1.807, 2.05) is 0 Å². The average molecular weight is 263 g/mol. The lowest BCUT2D eigenvalue weighted by molar-refractivity contribution is 0.118. The van der Waals surface area contributed by atoms with Gasteiger partial charge in [0.15, 0.2) is 0 Å². The average Bonchev–Trinajstić information content (AvgIpc) is 2.32. The van der Waals surface area contributed by atoms with Crippen molar-refractivity contribution >= 4 is 0 Å². The highest BCUT2D eigenvalue weighted by atomic mass is 16.5. The molecule has 0 atom stereocenters. The number of rotatable bonds is 7. The molecule has 0 aliphatic carbocycles. The smallest absolute Gasteiger partial charge is 0.0716 e. The molecule has 1 aromatic carbocycles. The summed E-state index contributed by atoms with van der Waals surface area (Å²) in [7, 11) is 0. The zero-order chi connectivity index (χ0) is 14.3. The summed E-state index contributed by atoms with van der Waals surface area (Å²) in [5, 5.41) is 3.39. The maximum atomic E-state index is 5.69. The highest BCUT2D eigenvalue weighted by Gasteiger charge is 2.12. The Kier molecular flexibility index (Phi) is 6.53. The Morgan fingerprint density at radius 1 is 1.11 bits per heavy atom. The SMILES string of the molecule is CC(C)NCCCOCc1ccc(C(C)(C)C)cc1. The van der Waals surface area contributed by atoms with Crippen LogP contribution in [0.15, 0.2) is 24.3 Å². The lowest BCUT2D eigenvalue weighted by Gasteiger charge is -2.19. The molecule has 0 amide bonds. The molecule has 19 heavy (non-hydrogen) atoms. The molecule has 0 saturated carbocycles.